The van der Waals surface area contributed by atoms with Crippen LogP contribution in [0, 0.1) is 0 Å². The zero-order valence-electron chi connectivity index (χ0n) is 54.8. The van der Waals surface area contributed by atoms with Crippen molar-refractivity contribution in [2.45, 2.75) is 398 Å². The van der Waals surface area contributed by atoms with Gasteiger partial charge in [0.2, 0.25) is 5.91 Å². The smallest absolute Gasteiger partial charge is 0.268 e. The van der Waals surface area contributed by atoms with Gasteiger partial charge in [0.05, 0.1) is 39.9 Å². The molecule has 0 aliphatic carbocycles. The van der Waals surface area contributed by atoms with Crippen LogP contribution in [0.3, 0.4) is 0 Å². The van der Waals surface area contributed by atoms with E-state index in [1.807, 2.05) is 21.1 Å². The normalized spacial score (nSPS) is 13.6. The third-order valence-corrected chi connectivity index (χ3v) is 18.0. The van der Waals surface area contributed by atoms with E-state index in [0.717, 1.165) is 38.5 Å². The molecular formula is C71H143N2O6P. The van der Waals surface area contributed by atoms with Crippen LogP contribution in [0.5, 0.6) is 0 Å². The van der Waals surface area contributed by atoms with Crippen LogP contribution >= 0.6 is 7.82 Å². The van der Waals surface area contributed by atoms with Gasteiger partial charge >= 0.3 is 0 Å². The van der Waals surface area contributed by atoms with Crippen molar-refractivity contribution in [1.82, 2.24) is 5.32 Å². The molecule has 0 fully saturated rings. The van der Waals surface area contributed by atoms with Crippen molar-refractivity contribution in [3.05, 3.63) is 12.2 Å². The number of nitrogens with zero attached hydrogens (tertiary/aromatic N) is 1. The van der Waals surface area contributed by atoms with Gasteiger partial charge < -0.3 is 28.8 Å². The van der Waals surface area contributed by atoms with Crippen molar-refractivity contribution in [3.8, 4) is 0 Å². The molecule has 0 bridgehead atoms. The molecule has 0 aromatic heterocycles. The van der Waals surface area contributed by atoms with E-state index in [9.17, 15) is 19.4 Å². The van der Waals surface area contributed by atoms with Crippen molar-refractivity contribution in [1.29, 1.82) is 0 Å². The minimum atomic E-state index is -4.58. The maximum absolute atomic E-state index is 13.1. The minimum Gasteiger partial charge on any atom is -0.756 e. The lowest BCUT2D eigenvalue weighted by Gasteiger charge is -2.30. The van der Waals surface area contributed by atoms with Gasteiger partial charge in [0.15, 0.2) is 0 Å². The predicted molar refractivity (Wildman–Crippen MR) is 349 cm³/mol. The molecule has 0 aliphatic heterocycles. The van der Waals surface area contributed by atoms with Gasteiger partial charge in [-0.2, -0.15) is 0 Å². The fourth-order valence-corrected chi connectivity index (χ4v) is 12.1. The molecule has 0 spiro atoms. The zero-order valence-corrected chi connectivity index (χ0v) is 55.7. The highest BCUT2D eigenvalue weighted by Gasteiger charge is 2.24. The summed E-state index contributed by atoms with van der Waals surface area (Å²) in [4.78, 5) is 25.7. The van der Waals surface area contributed by atoms with E-state index in [1.165, 1.54) is 321 Å². The topological polar surface area (TPSA) is 108 Å². The number of phosphoric ester groups is 1. The average Bonchev–Trinajstić information content (AvgIpc) is 3.42. The number of carbonyl (C=O) groups is 1. The number of aliphatic hydroxyl groups is 1. The summed E-state index contributed by atoms with van der Waals surface area (Å²) in [6.45, 7) is 4.79. The van der Waals surface area contributed by atoms with E-state index in [2.05, 4.69) is 31.3 Å². The Balaban J connectivity index is 3.92. The number of carbonyl (C=O) groups excluding carboxylic acids is 1. The van der Waals surface area contributed by atoms with Gasteiger partial charge in [0.25, 0.3) is 7.82 Å². The molecule has 0 aromatic carbocycles. The van der Waals surface area contributed by atoms with E-state index >= 15 is 0 Å². The number of aliphatic hydroxyl groups excluding tert-OH is 1. The van der Waals surface area contributed by atoms with Gasteiger partial charge in [-0.3, -0.25) is 9.36 Å². The number of likely N-dealkylation sites (N-methyl/N-ethyl adjacent to an activating group) is 1. The highest BCUT2D eigenvalue weighted by molar-refractivity contribution is 7.45. The van der Waals surface area contributed by atoms with E-state index in [1.54, 1.807) is 0 Å². The largest absolute Gasteiger partial charge is 0.756 e. The molecule has 0 heterocycles. The predicted octanol–water partition coefficient (Wildman–Crippen LogP) is 22.3. The SMILES string of the molecule is CCCCCCCCCCCCCCCCCC/C=C\CCCCCCCCCCCCCCCCCCCC(=O)NC(COP(=O)([O-])OCC[N+](C)(C)C)C(O)CCCCCCCCCCCCCCCCCCCCCCC. The fourth-order valence-electron chi connectivity index (χ4n) is 11.4. The van der Waals surface area contributed by atoms with Gasteiger partial charge in [-0.25, -0.2) is 0 Å². The Hall–Kier alpha value is -0.760. The lowest BCUT2D eigenvalue weighted by atomic mass is 10.0. The average molecular weight is 1150 g/mol. The van der Waals surface area contributed by atoms with Crippen molar-refractivity contribution < 1.29 is 32.9 Å². The van der Waals surface area contributed by atoms with Crippen molar-refractivity contribution in [2.24, 2.45) is 0 Å². The first-order chi connectivity index (χ1) is 39.0. The van der Waals surface area contributed by atoms with Crippen LogP contribution in [0.2, 0.25) is 0 Å². The number of allylic oxidation sites excluding steroid dienone is 2. The first kappa shape index (κ1) is 79.2. The summed E-state index contributed by atoms with van der Waals surface area (Å²) in [7, 11) is 1.33. The van der Waals surface area contributed by atoms with Crippen LogP contribution in [-0.2, 0) is 18.4 Å². The fraction of sp³-hybridized carbons (Fsp3) is 0.958. The summed E-state index contributed by atoms with van der Waals surface area (Å²) >= 11 is 0. The molecule has 3 unspecified atom stereocenters. The van der Waals surface area contributed by atoms with Crippen LogP contribution in [0.15, 0.2) is 12.2 Å². The van der Waals surface area contributed by atoms with Gasteiger partial charge in [-0.15, -0.1) is 0 Å². The molecular weight excluding hydrogens is 1010 g/mol. The molecule has 478 valence electrons. The molecule has 2 N–H and O–H groups in total. The number of nitrogens with one attached hydrogen (secondary N) is 1. The van der Waals surface area contributed by atoms with Crippen molar-refractivity contribution >= 4 is 13.7 Å². The van der Waals surface area contributed by atoms with Gasteiger partial charge in [0, 0.05) is 6.42 Å². The first-order valence-electron chi connectivity index (χ1n) is 36.0. The summed E-state index contributed by atoms with van der Waals surface area (Å²) in [5.41, 5.74) is 0. The van der Waals surface area contributed by atoms with Crippen LogP contribution in [-0.4, -0.2) is 68.5 Å². The van der Waals surface area contributed by atoms with Gasteiger partial charge in [0.1, 0.15) is 13.2 Å². The van der Waals surface area contributed by atoms with Crippen LogP contribution in [0.25, 0.3) is 0 Å². The Morgan fingerprint density at radius 1 is 0.425 bits per heavy atom. The number of phosphoric acid groups is 1. The van der Waals surface area contributed by atoms with Crippen molar-refractivity contribution in [2.75, 3.05) is 40.9 Å². The maximum Gasteiger partial charge on any atom is 0.268 e. The monoisotopic (exact) mass is 1150 g/mol. The summed E-state index contributed by atoms with van der Waals surface area (Å²) < 4.78 is 23.5. The molecule has 0 saturated carbocycles. The Kier molecular flexibility index (Phi) is 62.2. The third kappa shape index (κ3) is 64.8. The first-order valence-corrected chi connectivity index (χ1v) is 37.5. The second-order valence-electron chi connectivity index (χ2n) is 26.3. The number of quaternary nitrogens is 1. The van der Waals surface area contributed by atoms with Crippen LogP contribution in [0.4, 0.5) is 0 Å². The summed E-state index contributed by atoms with van der Waals surface area (Å²) in [5, 5.41) is 14.1. The van der Waals surface area contributed by atoms with Gasteiger partial charge in [-0.1, -0.05) is 353 Å². The van der Waals surface area contributed by atoms with E-state index in [4.69, 9.17) is 9.05 Å². The Bertz CT molecular complexity index is 1310. The number of unbranched alkanes of at least 4 members (excludes halogenated alkanes) is 53. The summed E-state index contributed by atoms with van der Waals surface area (Å²) in [5.74, 6) is -0.155. The molecule has 0 aromatic rings. The van der Waals surface area contributed by atoms with E-state index in [0.29, 0.717) is 23.9 Å². The molecule has 0 radical (unpaired) electrons. The second-order valence-corrected chi connectivity index (χ2v) is 27.7. The zero-order chi connectivity index (χ0) is 58.4. The highest BCUT2D eigenvalue weighted by Crippen LogP contribution is 2.38. The summed E-state index contributed by atoms with van der Waals surface area (Å²) in [6, 6.07) is -0.798. The Morgan fingerprint density at radius 3 is 0.975 bits per heavy atom. The molecule has 0 saturated heterocycles. The van der Waals surface area contributed by atoms with E-state index in [-0.39, 0.29) is 19.1 Å². The summed E-state index contributed by atoms with van der Waals surface area (Å²) in [6.07, 6.45) is 80.2. The minimum absolute atomic E-state index is 0.0157. The quantitative estimate of drug-likeness (QED) is 0.0272. The maximum atomic E-state index is 13.1. The number of hydrogen-bond acceptors (Lipinski definition) is 6. The van der Waals surface area contributed by atoms with Crippen molar-refractivity contribution in [3.63, 3.8) is 0 Å². The molecule has 3 atom stereocenters. The molecule has 8 nitrogen and oxygen atoms in total. The second kappa shape index (κ2) is 62.8. The molecule has 80 heavy (non-hydrogen) atoms. The molecule has 0 rings (SSSR count). The van der Waals surface area contributed by atoms with Crippen LogP contribution in [0.1, 0.15) is 386 Å². The van der Waals surface area contributed by atoms with Crippen LogP contribution < -0.4 is 10.2 Å². The number of amides is 1. The standard InChI is InChI=1S/C71H143N2O6P/c1-6-8-10-12-14-16-18-20-22-24-26-28-29-30-31-32-33-34-35-36-37-38-39-40-41-42-43-45-47-49-51-53-55-57-59-61-63-65-71(75)72-69(68-79-80(76,77)78-67-66-73(3,4)5)70(74)64-62-60-58-56-54-52-50-48-46-44-27-25-23-21-19-17-15-13-11-9-7-2/h34-35,69-70,74H,6-33,36-68H2,1-5H3,(H-,72,75,76,77)/b35-34-. The number of rotatable bonds is 68. The lowest BCUT2D eigenvalue weighted by Crippen LogP contribution is -2.46. The Labute approximate surface area is 501 Å². The number of hydrogen-bond donors (Lipinski definition) is 2. The highest BCUT2D eigenvalue weighted by atomic mass is 31.2. The van der Waals surface area contributed by atoms with Gasteiger partial charge in [-0.05, 0) is 38.5 Å². The molecule has 1 amide bonds. The molecule has 9 heteroatoms. The third-order valence-electron chi connectivity index (χ3n) is 17.0. The Morgan fingerprint density at radius 2 is 0.688 bits per heavy atom. The lowest BCUT2D eigenvalue weighted by molar-refractivity contribution is -0.870. The molecule has 0 aliphatic rings. The van der Waals surface area contributed by atoms with E-state index < -0.39 is 20.0 Å².